The van der Waals surface area contributed by atoms with E-state index in [1.807, 2.05) is 12.1 Å². The summed E-state index contributed by atoms with van der Waals surface area (Å²) in [5.74, 6) is -0.170. The molecular weight excluding hydrogens is 420 g/mol. The largest absolute Gasteiger partial charge is 0.347 e. The number of aromatic nitrogens is 3. The van der Waals surface area contributed by atoms with E-state index in [9.17, 15) is 18.0 Å². The van der Waals surface area contributed by atoms with E-state index in [4.69, 9.17) is 0 Å². The summed E-state index contributed by atoms with van der Waals surface area (Å²) in [6.07, 6.45) is 1.43. The Hall–Kier alpha value is -2.79. The first-order valence-electron chi connectivity index (χ1n) is 10.1. The lowest BCUT2D eigenvalue weighted by Crippen LogP contribution is -2.50. The highest BCUT2D eigenvalue weighted by Gasteiger charge is 2.31. The number of nitrogens with zero attached hydrogens (tertiary/aromatic N) is 6. The normalized spacial score (nSPS) is 15.3. The van der Waals surface area contributed by atoms with E-state index in [1.54, 1.807) is 31.1 Å². The van der Waals surface area contributed by atoms with Crippen LogP contribution in [0.3, 0.4) is 0 Å². The Morgan fingerprint density at radius 3 is 2.23 bits per heavy atom. The molecule has 168 valence electrons. The van der Waals surface area contributed by atoms with E-state index >= 15 is 0 Å². The maximum absolute atomic E-state index is 12.9. The molecule has 2 aromatic rings. The summed E-state index contributed by atoms with van der Waals surface area (Å²) in [7, 11) is -0.342. The van der Waals surface area contributed by atoms with Crippen LogP contribution in [0.2, 0.25) is 0 Å². The zero-order valence-corrected chi connectivity index (χ0v) is 19.0. The van der Waals surface area contributed by atoms with E-state index < -0.39 is 10.0 Å². The van der Waals surface area contributed by atoms with Crippen LogP contribution in [0.1, 0.15) is 35.8 Å². The van der Waals surface area contributed by atoms with Gasteiger partial charge in [0.15, 0.2) is 5.69 Å². The summed E-state index contributed by atoms with van der Waals surface area (Å²) in [6, 6.07) is 6.94. The molecule has 0 aliphatic carbocycles. The molecule has 0 N–H and O–H groups in total. The third-order valence-electron chi connectivity index (χ3n) is 5.26. The van der Waals surface area contributed by atoms with Crippen molar-refractivity contribution in [1.29, 1.82) is 0 Å². The first-order valence-corrected chi connectivity index (χ1v) is 11.5. The summed E-state index contributed by atoms with van der Waals surface area (Å²) >= 11 is 0. The van der Waals surface area contributed by atoms with E-state index in [2.05, 4.69) is 24.2 Å². The van der Waals surface area contributed by atoms with Crippen LogP contribution in [0.15, 0.2) is 35.4 Å². The minimum Gasteiger partial charge on any atom is -0.347 e. The number of rotatable bonds is 6. The van der Waals surface area contributed by atoms with Crippen molar-refractivity contribution in [2.45, 2.75) is 31.2 Å². The van der Waals surface area contributed by atoms with Gasteiger partial charge >= 0.3 is 0 Å². The van der Waals surface area contributed by atoms with Crippen LogP contribution in [-0.2, 0) is 21.4 Å². The number of hydrogen-bond acceptors (Lipinski definition) is 6. The van der Waals surface area contributed by atoms with Gasteiger partial charge in [0.1, 0.15) is 6.54 Å². The number of piperazine rings is 1. The van der Waals surface area contributed by atoms with Gasteiger partial charge in [-0.15, -0.1) is 5.10 Å². The van der Waals surface area contributed by atoms with Crippen LogP contribution in [0.5, 0.6) is 0 Å². The minimum atomic E-state index is -3.61. The molecule has 10 nitrogen and oxygen atoms in total. The summed E-state index contributed by atoms with van der Waals surface area (Å²) < 4.78 is 28.6. The molecule has 0 unspecified atom stereocenters. The SMILES string of the molecule is CC(C)c1ccc(S(=O)(=O)N2CCN(C(=O)c3cn(CC(=O)N(C)C)nn3)CC2)cc1. The van der Waals surface area contributed by atoms with Crippen LogP contribution < -0.4 is 0 Å². The average molecular weight is 449 g/mol. The average Bonchev–Trinajstić information content (AvgIpc) is 3.21. The highest BCUT2D eigenvalue weighted by Crippen LogP contribution is 2.21. The molecule has 0 bridgehead atoms. The number of benzene rings is 1. The first kappa shape index (κ1) is 22.9. The molecule has 0 saturated carbocycles. The van der Waals surface area contributed by atoms with Gasteiger partial charge in [0.05, 0.1) is 11.1 Å². The summed E-state index contributed by atoms with van der Waals surface area (Å²) in [4.78, 5) is 27.7. The van der Waals surface area contributed by atoms with Crippen molar-refractivity contribution in [1.82, 2.24) is 29.1 Å². The molecular formula is C20H28N6O4S. The van der Waals surface area contributed by atoms with Crippen LogP contribution in [0, 0.1) is 0 Å². The molecule has 1 aliphatic heterocycles. The fourth-order valence-corrected chi connectivity index (χ4v) is 4.64. The van der Waals surface area contributed by atoms with E-state index in [0.717, 1.165) is 5.56 Å². The Balaban J connectivity index is 1.61. The van der Waals surface area contributed by atoms with Gasteiger partial charge in [-0.25, -0.2) is 13.1 Å². The molecule has 0 radical (unpaired) electrons. The Morgan fingerprint density at radius 1 is 1.06 bits per heavy atom. The van der Waals surface area contributed by atoms with Gasteiger partial charge in [0, 0.05) is 40.3 Å². The summed E-state index contributed by atoms with van der Waals surface area (Å²) in [5.41, 5.74) is 1.21. The van der Waals surface area contributed by atoms with Gasteiger partial charge < -0.3 is 9.80 Å². The molecule has 0 atom stereocenters. The monoisotopic (exact) mass is 448 g/mol. The second kappa shape index (κ2) is 9.15. The zero-order chi connectivity index (χ0) is 22.8. The fourth-order valence-electron chi connectivity index (χ4n) is 3.22. The van der Waals surface area contributed by atoms with Gasteiger partial charge in [0.25, 0.3) is 5.91 Å². The third-order valence-corrected chi connectivity index (χ3v) is 7.18. The molecule has 1 aromatic heterocycles. The van der Waals surface area contributed by atoms with Crippen LogP contribution in [-0.4, -0.2) is 89.6 Å². The van der Waals surface area contributed by atoms with Crippen molar-refractivity contribution in [2.75, 3.05) is 40.3 Å². The second-order valence-corrected chi connectivity index (χ2v) is 9.95. The van der Waals surface area contributed by atoms with E-state index in [0.29, 0.717) is 5.92 Å². The number of hydrogen-bond donors (Lipinski definition) is 0. The lowest BCUT2D eigenvalue weighted by molar-refractivity contribution is -0.129. The molecule has 31 heavy (non-hydrogen) atoms. The predicted molar refractivity (Wildman–Crippen MR) is 114 cm³/mol. The lowest BCUT2D eigenvalue weighted by atomic mass is 10.0. The quantitative estimate of drug-likeness (QED) is 0.642. The van der Waals surface area contributed by atoms with Crippen LogP contribution in [0.4, 0.5) is 0 Å². The van der Waals surface area contributed by atoms with Crippen LogP contribution >= 0.6 is 0 Å². The van der Waals surface area contributed by atoms with Gasteiger partial charge in [-0.3, -0.25) is 9.59 Å². The smallest absolute Gasteiger partial charge is 0.276 e. The standard InChI is InChI=1S/C20H28N6O4S/c1-15(2)16-5-7-17(8-6-16)31(29,30)26-11-9-24(10-12-26)20(28)18-13-25(22-21-18)14-19(27)23(3)4/h5-8,13,15H,9-12,14H2,1-4H3. The summed E-state index contributed by atoms with van der Waals surface area (Å²) in [5, 5.41) is 7.69. The highest BCUT2D eigenvalue weighted by atomic mass is 32.2. The van der Waals surface area contributed by atoms with Crippen molar-refractivity contribution < 1.29 is 18.0 Å². The van der Waals surface area contributed by atoms with Gasteiger partial charge in [0.2, 0.25) is 15.9 Å². The third kappa shape index (κ3) is 5.10. The van der Waals surface area contributed by atoms with Crippen molar-refractivity contribution in [3.63, 3.8) is 0 Å². The molecule has 2 heterocycles. The van der Waals surface area contributed by atoms with Crippen molar-refractivity contribution >= 4 is 21.8 Å². The second-order valence-electron chi connectivity index (χ2n) is 8.01. The molecule has 2 amide bonds. The topological polar surface area (TPSA) is 109 Å². The number of sulfonamides is 1. The molecule has 0 spiro atoms. The maximum atomic E-state index is 12.9. The fraction of sp³-hybridized carbons (Fsp3) is 0.500. The predicted octanol–water partition coefficient (Wildman–Crippen LogP) is 0.636. The maximum Gasteiger partial charge on any atom is 0.276 e. The molecule has 3 rings (SSSR count). The first-order chi connectivity index (χ1) is 14.6. The van der Waals surface area contributed by atoms with Crippen molar-refractivity contribution in [2.24, 2.45) is 0 Å². The van der Waals surface area contributed by atoms with Gasteiger partial charge in [-0.05, 0) is 23.6 Å². The molecule has 1 fully saturated rings. The number of carbonyl (C=O) groups excluding carboxylic acids is 2. The molecule has 1 saturated heterocycles. The van der Waals surface area contributed by atoms with Crippen molar-refractivity contribution in [3.8, 4) is 0 Å². The Kier molecular flexibility index (Phi) is 6.75. The zero-order valence-electron chi connectivity index (χ0n) is 18.2. The number of likely N-dealkylation sites (N-methyl/N-ethyl adjacent to an activating group) is 1. The summed E-state index contributed by atoms with van der Waals surface area (Å²) in [6.45, 7) is 5.02. The van der Waals surface area contributed by atoms with E-state index in [-0.39, 0.29) is 55.1 Å². The van der Waals surface area contributed by atoms with Crippen molar-refractivity contribution in [3.05, 3.63) is 41.7 Å². The lowest BCUT2D eigenvalue weighted by Gasteiger charge is -2.33. The Bertz CT molecular complexity index is 1040. The molecule has 1 aliphatic rings. The van der Waals surface area contributed by atoms with E-state index in [1.165, 1.54) is 20.1 Å². The highest BCUT2D eigenvalue weighted by molar-refractivity contribution is 7.89. The Labute approximate surface area is 182 Å². The van der Waals surface area contributed by atoms with Gasteiger partial charge in [-0.1, -0.05) is 31.2 Å². The number of carbonyl (C=O) groups is 2. The van der Waals surface area contributed by atoms with Gasteiger partial charge in [-0.2, -0.15) is 4.31 Å². The molecule has 1 aromatic carbocycles. The minimum absolute atomic E-state index is 0.00506. The van der Waals surface area contributed by atoms with Crippen LogP contribution in [0.25, 0.3) is 0 Å². The Morgan fingerprint density at radius 2 is 1.68 bits per heavy atom. The number of amides is 2. The molecule has 11 heteroatoms.